The minimum Gasteiger partial charge on any atom is -0.443 e. The number of nitrogens with zero attached hydrogens (tertiary/aromatic N) is 1. The van der Waals surface area contributed by atoms with Gasteiger partial charge in [-0.05, 0) is 72.7 Å². The second-order valence-electron chi connectivity index (χ2n) is 8.68. The number of carbonyl (C=O) groups excluding carboxylic acids is 1. The van der Waals surface area contributed by atoms with Crippen LogP contribution in [0.3, 0.4) is 0 Å². The molecule has 0 aliphatic carbocycles. The summed E-state index contributed by atoms with van der Waals surface area (Å²) >= 11 is 0. The highest BCUT2D eigenvalue weighted by Gasteiger charge is 2.53. The first-order chi connectivity index (χ1) is 11.8. The van der Waals surface area contributed by atoms with Crippen molar-refractivity contribution < 1.29 is 23.2 Å². The van der Waals surface area contributed by atoms with E-state index in [-0.39, 0.29) is 0 Å². The molecule has 0 N–H and O–H groups in total. The normalized spacial score (nSPS) is 19.2. The van der Waals surface area contributed by atoms with Crippen molar-refractivity contribution in [1.29, 1.82) is 0 Å². The van der Waals surface area contributed by atoms with Crippen LogP contribution in [0, 0.1) is 5.82 Å². The van der Waals surface area contributed by atoms with E-state index in [1.807, 2.05) is 27.7 Å². The third-order valence-electron chi connectivity index (χ3n) is 4.87. The van der Waals surface area contributed by atoms with Crippen LogP contribution < -0.4 is 5.59 Å². The van der Waals surface area contributed by atoms with Gasteiger partial charge in [0.2, 0.25) is 0 Å². The van der Waals surface area contributed by atoms with Crippen molar-refractivity contribution in [2.75, 3.05) is 0 Å². The Morgan fingerprint density at radius 1 is 1.12 bits per heavy atom. The molecule has 2 heterocycles. The number of aromatic nitrogens is 1. The smallest absolute Gasteiger partial charge is 0.443 e. The van der Waals surface area contributed by atoms with Crippen LogP contribution in [-0.2, 0) is 14.0 Å². The third kappa shape index (κ3) is 3.26. The Labute approximate surface area is 153 Å². The van der Waals surface area contributed by atoms with Crippen LogP contribution in [0.5, 0.6) is 0 Å². The number of halogens is 1. The zero-order chi connectivity index (χ0) is 19.5. The summed E-state index contributed by atoms with van der Waals surface area (Å²) in [6.07, 6.45) is -0.595. The summed E-state index contributed by atoms with van der Waals surface area (Å²) in [5.74, 6) is -0.430. The molecule has 1 aliphatic heterocycles. The van der Waals surface area contributed by atoms with Crippen LogP contribution in [0.2, 0.25) is 0 Å². The van der Waals surface area contributed by atoms with Crippen molar-refractivity contribution in [2.24, 2.45) is 0 Å². The SMILES string of the molecule is CC(C)(C)OC(=O)n1c(B2OC(C)(C)C(C)(C)O2)cc2ccc(F)cc21. The lowest BCUT2D eigenvalue weighted by Gasteiger charge is -2.32. The number of ether oxygens (including phenoxy) is 1. The van der Waals surface area contributed by atoms with Gasteiger partial charge in [0.25, 0.3) is 0 Å². The molecule has 1 aromatic carbocycles. The highest BCUT2D eigenvalue weighted by molar-refractivity contribution is 6.62. The van der Waals surface area contributed by atoms with E-state index in [9.17, 15) is 9.18 Å². The number of hydrogen-bond acceptors (Lipinski definition) is 4. The zero-order valence-corrected chi connectivity index (χ0v) is 16.3. The first kappa shape index (κ1) is 18.9. The zero-order valence-electron chi connectivity index (χ0n) is 16.3. The molecule has 0 saturated carbocycles. The summed E-state index contributed by atoms with van der Waals surface area (Å²) in [7, 11) is -0.761. The fraction of sp³-hybridized carbons (Fsp3) is 0.526. The predicted octanol–water partition coefficient (Wildman–Crippen LogP) is 3.86. The third-order valence-corrected chi connectivity index (χ3v) is 4.87. The second-order valence-corrected chi connectivity index (χ2v) is 8.68. The Bertz CT molecular complexity index is 850. The lowest BCUT2D eigenvalue weighted by molar-refractivity contribution is 0.00578. The number of fused-ring (bicyclic) bond motifs is 1. The van der Waals surface area contributed by atoms with E-state index in [4.69, 9.17) is 14.0 Å². The van der Waals surface area contributed by atoms with Gasteiger partial charge in [0.1, 0.15) is 11.4 Å². The predicted molar refractivity (Wildman–Crippen MR) is 99.2 cm³/mol. The van der Waals surface area contributed by atoms with Gasteiger partial charge in [-0.1, -0.05) is 0 Å². The molecule has 0 spiro atoms. The monoisotopic (exact) mass is 361 g/mol. The Morgan fingerprint density at radius 2 is 1.69 bits per heavy atom. The first-order valence-electron chi connectivity index (χ1n) is 8.71. The molecule has 0 amide bonds. The molecule has 3 rings (SSSR count). The molecule has 0 atom stereocenters. The number of carbonyl (C=O) groups is 1. The van der Waals surface area contributed by atoms with Crippen molar-refractivity contribution in [1.82, 2.24) is 4.57 Å². The largest absolute Gasteiger partial charge is 0.513 e. The van der Waals surface area contributed by atoms with Gasteiger partial charge in [0, 0.05) is 5.39 Å². The minimum absolute atomic E-state index is 0.420. The van der Waals surface area contributed by atoms with Crippen molar-refractivity contribution >= 4 is 29.7 Å². The van der Waals surface area contributed by atoms with Gasteiger partial charge in [-0.3, -0.25) is 4.57 Å². The maximum Gasteiger partial charge on any atom is 0.513 e. The van der Waals surface area contributed by atoms with E-state index in [0.29, 0.717) is 16.5 Å². The van der Waals surface area contributed by atoms with Crippen LogP contribution in [-0.4, -0.2) is 34.6 Å². The fourth-order valence-corrected chi connectivity index (χ4v) is 2.84. The lowest BCUT2D eigenvalue weighted by atomic mass is 9.84. The highest BCUT2D eigenvalue weighted by atomic mass is 19.1. The maximum atomic E-state index is 13.8. The summed E-state index contributed by atoms with van der Waals surface area (Å²) in [6, 6.07) is 6.07. The van der Waals surface area contributed by atoms with E-state index < -0.39 is 35.8 Å². The molecule has 2 aromatic rings. The van der Waals surface area contributed by atoms with Crippen molar-refractivity contribution in [2.45, 2.75) is 65.3 Å². The van der Waals surface area contributed by atoms with Gasteiger partial charge in [-0.25, -0.2) is 9.18 Å². The molecule has 0 unspecified atom stereocenters. The Balaban J connectivity index is 2.14. The molecule has 1 aromatic heterocycles. The van der Waals surface area contributed by atoms with E-state index in [0.717, 1.165) is 0 Å². The number of benzene rings is 1. The van der Waals surface area contributed by atoms with Gasteiger partial charge < -0.3 is 14.0 Å². The van der Waals surface area contributed by atoms with Gasteiger partial charge in [-0.15, -0.1) is 0 Å². The highest BCUT2D eigenvalue weighted by Crippen LogP contribution is 2.37. The minimum atomic E-state index is -0.761. The molecule has 0 radical (unpaired) electrons. The van der Waals surface area contributed by atoms with Crippen LogP contribution in [0.25, 0.3) is 10.9 Å². The quantitative estimate of drug-likeness (QED) is 0.724. The van der Waals surface area contributed by atoms with E-state index >= 15 is 0 Å². The first-order valence-corrected chi connectivity index (χ1v) is 8.71. The summed E-state index contributed by atoms with van der Waals surface area (Å²) < 4.78 is 32.9. The van der Waals surface area contributed by atoms with Crippen molar-refractivity contribution in [3.8, 4) is 0 Å². The van der Waals surface area contributed by atoms with Gasteiger partial charge in [-0.2, -0.15) is 0 Å². The topological polar surface area (TPSA) is 49.7 Å². The standard InChI is InChI=1S/C19H25BFNO4/c1-17(2,3)24-16(23)22-14-11-13(21)9-8-12(14)10-15(22)20-25-18(4,5)19(6,7)26-20/h8-11H,1-7H3. The molecular formula is C19H25BFNO4. The molecule has 26 heavy (non-hydrogen) atoms. The van der Waals surface area contributed by atoms with Gasteiger partial charge in [0.05, 0.1) is 22.3 Å². The van der Waals surface area contributed by atoms with Crippen LogP contribution in [0.15, 0.2) is 24.3 Å². The molecule has 0 bridgehead atoms. The molecule has 140 valence electrons. The number of hydrogen-bond donors (Lipinski definition) is 0. The lowest BCUT2D eigenvalue weighted by Crippen LogP contribution is -2.43. The van der Waals surface area contributed by atoms with E-state index in [2.05, 4.69) is 0 Å². The van der Waals surface area contributed by atoms with Crippen molar-refractivity contribution in [3.63, 3.8) is 0 Å². The van der Waals surface area contributed by atoms with Crippen molar-refractivity contribution in [3.05, 3.63) is 30.1 Å². The molecule has 5 nitrogen and oxygen atoms in total. The Kier molecular flexibility index (Phi) is 4.24. The summed E-state index contributed by atoms with van der Waals surface area (Å²) in [6.45, 7) is 13.1. The van der Waals surface area contributed by atoms with Crippen LogP contribution >= 0.6 is 0 Å². The molecule has 7 heteroatoms. The average molecular weight is 361 g/mol. The van der Waals surface area contributed by atoms with Gasteiger partial charge >= 0.3 is 13.2 Å². The van der Waals surface area contributed by atoms with Gasteiger partial charge in [0.15, 0.2) is 0 Å². The number of rotatable bonds is 1. The molecule has 1 fully saturated rings. The van der Waals surface area contributed by atoms with Crippen LogP contribution in [0.1, 0.15) is 48.5 Å². The Hall–Kier alpha value is -1.86. The Morgan fingerprint density at radius 3 is 2.23 bits per heavy atom. The summed E-state index contributed by atoms with van der Waals surface area (Å²) in [4.78, 5) is 12.9. The summed E-state index contributed by atoms with van der Waals surface area (Å²) in [5.41, 5.74) is -0.896. The average Bonchev–Trinajstić information content (AvgIpc) is 2.91. The molecule has 1 aliphatic rings. The maximum absolute atomic E-state index is 13.8. The van der Waals surface area contributed by atoms with E-state index in [1.165, 1.54) is 16.7 Å². The van der Waals surface area contributed by atoms with Crippen LogP contribution in [0.4, 0.5) is 9.18 Å². The fourth-order valence-electron chi connectivity index (χ4n) is 2.84. The summed E-state index contributed by atoms with van der Waals surface area (Å²) in [5, 5.41) is 0.710. The van der Waals surface area contributed by atoms with E-state index in [1.54, 1.807) is 32.9 Å². The molecule has 1 saturated heterocycles. The second kappa shape index (κ2) is 5.82. The molecular weight excluding hydrogens is 336 g/mol.